The predicted molar refractivity (Wildman–Crippen MR) is 135 cm³/mol. The van der Waals surface area contributed by atoms with E-state index in [0.717, 1.165) is 10.9 Å². The number of benzene rings is 2. The lowest BCUT2D eigenvalue weighted by molar-refractivity contribution is 0.0697. The van der Waals surface area contributed by atoms with E-state index >= 15 is 0 Å². The zero-order chi connectivity index (χ0) is 25.2. The number of halogens is 2. The molecule has 2 aromatic heterocycles. The smallest absolute Gasteiger partial charge is 0.335 e. The molecule has 2 aromatic carbocycles. The first-order valence-corrected chi connectivity index (χ1v) is 11.2. The Balaban J connectivity index is 0.000000191. The van der Waals surface area contributed by atoms with Gasteiger partial charge < -0.3 is 14.2 Å². The van der Waals surface area contributed by atoms with Crippen LogP contribution in [0.2, 0.25) is 10.0 Å². The standard InChI is InChI=1S/C13H12ClNO2.C12H10ClNO3/c1-3-15-12-5-4-9(8(2)16)6-10(12)11(14)7-13(15)17;1-2-14-10-4-3-7(12(16)17)5-8(10)9(13)6-11(14)15/h4-7H,3H2,1-2H3;3-6H,2H2,1H3,(H,16,17). The Morgan fingerprint density at radius 3 is 1.56 bits per heavy atom. The Kier molecular flexibility index (Phi) is 7.59. The van der Waals surface area contributed by atoms with Crippen LogP contribution in [0.5, 0.6) is 0 Å². The van der Waals surface area contributed by atoms with Crippen molar-refractivity contribution in [1.82, 2.24) is 9.13 Å². The summed E-state index contributed by atoms with van der Waals surface area (Å²) in [6, 6.07) is 12.4. The number of hydrogen-bond donors (Lipinski definition) is 1. The molecule has 0 aliphatic heterocycles. The van der Waals surface area contributed by atoms with Crippen molar-refractivity contribution >= 4 is 56.8 Å². The summed E-state index contributed by atoms with van der Waals surface area (Å²) in [5.74, 6) is -1.03. The van der Waals surface area contributed by atoms with E-state index in [1.54, 1.807) is 33.4 Å². The maximum atomic E-state index is 11.7. The Bertz CT molecular complexity index is 1440. The van der Waals surface area contributed by atoms with Gasteiger partial charge in [0.1, 0.15) is 0 Å². The molecule has 0 unspecified atom stereocenters. The van der Waals surface area contributed by atoms with Gasteiger partial charge in [0.25, 0.3) is 11.1 Å². The van der Waals surface area contributed by atoms with E-state index < -0.39 is 5.97 Å². The number of aryl methyl sites for hydroxylation is 2. The van der Waals surface area contributed by atoms with Gasteiger partial charge in [-0.25, -0.2) is 4.79 Å². The summed E-state index contributed by atoms with van der Waals surface area (Å²) in [5, 5.41) is 10.9. The summed E-state index contributed by atoms with van der Waals surface area (Å²) in [6.07, 6.45) is 0. The highest BCUT2D eigenvalue weighted by Crippen LogP contribution is 2.24. The maximum Gasteiger partial charge on any atom is 0.335 e. The van der Waals surface area contributed by atoms with Crippen molar-refractivity contribution in [1.29, 1.82) is 0 Å². The Labute approximate surface area is 204 Å². The quantitative estimate of drug-likeness (QED) is 0.385. The average molecular weight is 501 g/mol. The normalized spacial score (nSPS) is 10.7. The highest BCUT2D eigenvalue weighted by atomic mass is 35.5. The summed E-state index contributed by atoms with van der Waals surface area (Å²) in [7, 11) is 0. The molecule has 0 bridgehead atoms. The summed E-state index contributed by atoms with van der Waals surface area (Å²) in [5.41, 5.74) is 1.85. The number of aromatic nitrogens is 2. The maximum absolute atomic E-state index is 11.7. The predicted octanol–water partition coefficient (Wildman–Crippen LogP) is 5.25. The van der Waals surface area contributed by atoms with Crippen molar-refractivity contribution in [2.75, 3.05) is 0 Å². The first kappa shape index (κ1) is 25.2. The van der Waals surface area contributed by atoms with Gasteiger partial charge in [0.2, 0.25) is 0 Å². The number of pyridine rings is 2. The summed E-state index contributed by atoms with van der Waals surface area (Å²) < 4.78 is 3.18. The first-order valence-electron chi connectivity index (χ1n) is 10.5. The monoisotopic (exact) mass is 500 g/mol. The average Bonchev–Trinajstić information content (AvgIpc) is 2.79. The second-order valence-electron chi connectivity index (χ2n) is 7.47. The van der Waals surface area contributed by atoms with Crippen LogP contribution in [-0.4, -0.2) is 26.0 Å². The molecule has 0 amide bonds. The number of nitrogens with zero attached hydrogens (tertiary/aromatic N) is 2. The van der Waals surface area contributed by atoms with E-state index in [9.17, 15) is 19.2 Å². The molecule has 0 atom stereocenters. The van der Waals surface area contributed by atoms with Gasteiger partial charge in [-0.05, 0) is 57.2 Å². The Morgan fingerprint density at radius 1 is 0.765 bits per heavy atom. The lowest BCUT2D eigenvalue weighted by atomic mass is 10.1. The van der Waals surface area contributed by atoms with Crippen LogP contribution >= 0.6 is 23.2 Å². The lowest BCUT2D eigenvalue weighted by Crippen LogP contribution is -2.18. The molecular weight excluding hydrogens is 479 g/mol. The molecule has 0 aliphatic carbocycles. The number of fused-ring (bicyclic) bond motifs is 2. The summed E-state index contributed by atoms with van der Waals surface area (Å²) in [4.78, 5) is 45.6. The number of carboxylic acid groups (broad SMARTS) is 1. The van der Waals surface area contributed by atoms with Crippen molar-refractivity contribution < 1.29 is 14.7 Å². The van der Waals surface area contributed by atoms with Gasteiger partial charge in [0.05, 0.1) is 26.6 Å². The molecule has 4 rings (SSSR count). The van der Waals surface area contributed by atoms with Gasteiger partial charge in [0.15, 0.2) is 5.78 Å². The molecule has 0 spiro atoms. The van der Waals surface area contributed by atoms with Gasteiger partial charge >= 0.3 is 5.97 Å². The molecule has 1 N–H and O–H groups in total. The third-order valence-corrected chi connectivity index (χ3v) is 6.03. The zero-order valence-electron chi connectivity index (χ0n) is 18.8. The number of Topliss-reactive ketones (excluding diaryl/α,β-unsaturated/α-hetero) is 1. The molecule has 0 aliphatic rings. The second kappa shape index (κ2) is 10.2. The highest BCUT2D eigenvalue weighted by molar-refractivity contribution is 6.35. The zero-order valence-corrected chi connectivity index (χ0v) is 20.3. The fourth-order valence-electron chi connectivity index (χ4n) is 3.70. The number of hydrogen-bond acceptors (Lipinski definition) is 4. The molecule has 7 nitrogen and oxygen atoms in total. The van der Waals surface area contributed by atoms with Crippen LogP contribution in [-0.2, 0) is 13.1 Å². The summed E-state index contributed by atoms with van der Waals surface area (Å²) >= 11 is 12.0. The van der Waals surface area contributed by atoms with E-state index in [2.05, 4.69) is 0 Å². The third-order valence-electron chi connectivity index (χ3n) is 5.41. The number of aromatic carboxylic acids is 1. The molecule has 176 valence electrons. The van der Waals surface area contributed by atoms with Crippen LogP contribution in [0.4, 0.5) is 0 Å². The van der Waals surface area contributed by atoms with Crippen LogP contribution in [0, 0.1) is 0 Å². The van der Waals surface area contributed by atoms with E-state index in [0.29, 0.717) is 34.6 Å². The fraction of sp³-hybridized carbons (Fsp3) is 0.200. The van der Waals surface area contributed by atoms with Gasteiger partial charge in [-0.3, -0.25) is 14.4 Å². The van der Waals surface area contributed by atoms with Crippen molar-refractivity contribution in [2.24, 2.45) is 0 Å². The van der Waals surface area contributed by atoms with Gasteiger partial charge in [0, 0.05) is 41.6 Å². The molecular formula is C25H22Cl2N2O5. The number of ketones is 1. The molecule has 34 heavy (non-hydrogen) atoms. The minimum absolute atomic E-state index is 0.0165. The summed E-state index contributed by atoms with van der Waals surface area (Å²) in [6.45, 7) is 6.34. The van der Waals surface area contributed by atoms with Crippen molar-refractivity contribution in [3.63, 3.8) is 0 Å². The van der Waals surface area contributed by atoms with Gasteiger partial charge in [-0.15, -0.1) is 0 Å². The molecule has 4 aromatic rings. The van der Waals surface area contributed by atoms with Crippen molar-refractivity contribution in [3.8, 4) is 0 Å². The van der Waals surface area contributed by atoms with E-state index in [1.807, 2.05) is 13.8 Å². The molecule has 0 fully saturated rings. The first-order chi connectivity index (χ1) is 16.1. The van der Waals surface area contributed by atoms with Gasteiger partial charge in [-0.2, -0.15) is 0 Å². The minimum atomic E-state index is -1.02. The number of carbonyl (C=O) groups excluding carboxylic acids is 1. The fourth-order valence-corrected chi connectivity index (χ4v) is 4.18. The second-order valence-corrected chi connectivity index (χ2v) is 8.29. The number of carbonyl (C=O) groups is 2. The molecule has 9 heteroatoms. The number of rotatable bonds is 4. The van der Waals surface area contributed by atoms with Crippen molar-refractivity contribution in [3.05, 3.63) is 90.4 Å². The molecule has 0 radical (unpaired) electrons. The van der Waals surface area contributed by atoms with Crippen LogP contribution < -0.4 is 11.1 Å². The van der Waals surface area contributed by atoms with E-state index in [4.69, 9.17) is 28.3 Å². The minimum Gasteiger partial charge on any atom is -0.478 e. The van der Waals surface area contributed by atoms with Crippen LogP contribution in [0.3, 0.4) is 0 Å². The largest absolute Gasteiger partial charge is 0.478 e. The van der Waals surface area contributed by atoms with Crippen molar-refractivity contribution in [2.45, 2.75) is 33.9 Å². The molecule has 2 heterocycles. The molecule has 0 saturated carbocycles. The van der Waals surface area contributed by atoms with Gasteiger partial charge in [-0.1, -0.05) is 23.2 Å². The Morgan fingerprint density at radius 2 is 1.18 bits per heavy atom. The lowest BCUT2D eigenvalue weighted by Gasteiger charge is -2.09. The van der Waals surface area contributed by atoms with Crippen LogP contribution in [0.15, 0.2) is 58.1 Å². The highest BCUT2D eigenvalue weighted by Gasteiger charge is 2.10. The third kappa shape index (κ3) is 4.90. The van der Waals surface area contributed by atoms with Crippen LogP contribution in [0.25, 0.3) is 21.8 Å². The Hall–Kier alpha value is -3.42. The topological polar surface area (TPSA) is 98.4 Å². The number of carboxylic acids is 1. The van der Waals surface area contributed by atoms with Crippen LogP contribution in [0.1, 0.15) is 41.5 Å². The SMILES string of the molecule is CCn1c(=O)cc(Cl)c2cc(C(=O)O)ccc21.CCn1c(=O)cc(Cl)c2cc(C(C)=O)ccc21. The molecule has 0 saturated heterocycles. The van der Waals surface area contributed by atoms with E-state index in [1.165, 1.54) is 31.2 Å². The van der Waals surface area contributed by atoms with E-state index in [-0.39, 0.29) is 27.5 Å².